The quantitative estimate of drug-likeness (QED) is 0.712. The number of sulfonamides is 1. The zero-order chi connectivity index (χ0) is 14.6. The minimum Gasteiger partial charge on any atom is -0.349 e. The summed E-state index contributed by atoms with van der Waals surface area (Å²) >= 11 is 1.50. The second-order valence-corrected chi connectivity index (χ2v) is 7.42. The van der Waals surface area contributed by atoms with Crippen LogP contribution in [0.1, 0.15) is 15.6 Å². The largest absolute Gasteiger partial charge is 0.349 e. The molecule has 0 saturated heterocycles. The summed E-state index contributed by atoms with van der Waals surface area (Å²) in [5.41, 5.74) is 0. The lowest BCUT2D eigenvalue weighted by Gasteiger charge is -2.05. The Bertz CT molecular complexity index is 647. The van der Waals surface area contributed by atoms with Gasteiger partial charge in [0.2, 0.25) is 10.0 Å². The monoisotopic (exact) mass is 314 g/mol. The highest BCUT2D eigenvalue weighted by Crippen LogP contribution is 2.25. The van der Waals surface area contributed by atoms with Crippen LogP contribution in [0.3, 0.4) is 0 Å². The van der Waals surface area contributed by atoms with Crippen LogP contribution in [-0.4, -0.2) is 32.0 Å². The molecule has 0 bridgehead atoms. The van der Waals surface area contributed by atoms with Crippen LogP contribution < -0.4 is 10.0 Å². The molecular formula is C12H18N4O2S2. The van der Waals surface area contributed by atoms with Gasteiger partial charge in [-0.2, -0.15) is 0 Å². The number of imidazole rings is 1. The number of hydrogen-bond donors (Lipinski definition) is 3. The molecule has 8 heteroatoms. The molecule has 0 aliphatic heterocycles. The highest BCUT2D eigenvalue weighted by atomic mass is 32.2. The van der Waals surface area contributed by atoms with Gasteiger partial charge in [0.1, 0.15) is 5.82 Å². The van der Waals surface area contributed by atoms with Crippen LogP contribution >= 0.6 is 11.3 Å². The lowest BCUT2D eigenvalue weighted by molar-refractivity contribution is 0.581. The Labute approximate surface area is 122 Å². The molecule has 2 heterocycles. The number of hydrogen-bond acceptors (Lipinski definition) is 5. The van der Waals surface area contributed by atoms with Crippen LogP contribution in [0.2, 0.25) is 0 Å². The zero-order valence-electron chi connectivity index (χ0n) is 11.4. The van der Waals surface area contributed by atoms with Crippen LogP contribution in [0.5, 0.6) is 0 Å². The van der Waals surface area contributed by atoms with E-state index in [0.717, 1.165) is 15.6 Å². The average Bonchev–Trinajstić information content (AvgIpc) is 2.99. The topological polar surface area (TPSA) is 86.9 Å². The van der Waals surface area contributed by atoms with E-state index >= 15 is 0 Å². The summed E-state index contributed by atoms with van der Waals surface area (Å²) in [6, 6.07) is 1.73. The first-order valence-corrected chi connectivity index (χ1v) is 8.54. The van der Waals surface area contributed by atoms with E-state index in [9.17, 15) is 8.42 Å². The minimum atomic E-state index is -3.45. The Morgan fingerprint density at radius 3 is 2.90 bits per heavy atom. The molecule has 2 rings (SSSR count). The van der Waals surface area contributed by atoms with Crippen molar-refractivity contribution in [2.45, 2.75) is 24.8 Å². The third kappa shape index (κ3) is 3.66. The predicted octanol–water partition coefficient (Wildman–Crippen LogP) is 1.02. The average molecular weight is 314 g/mol. The van der Waals surface area contributed by atoms with Gasteiger partial charge in [0.15, 0.2) is 0 Å². The molecule has 0 saturated carbocycles. The second-order valence-electron chi connectivity index (χ2n) is 4.35. The third-order valence-electron chi connectivity index (χ3n) is 2.77. The van der Waals surface area contributed by atoms with Crippen molar-refractivity contribution < 1.29 is 8.42 Å². The van der Waals surface area contributed by atoms with Crippen LogP contribution in [0, 0.1) is 6.92 Å². The van der Waals surface area contributed by atoms with Crippen LogP contribution in [0.25, 0.3) is 0 Å². The summed E-state index contributed by atoms with van der Waals surface area (Å²) < 4.78 is 27.1. The van der Waals surface area contributed by atoms with Gasteiger partial charge in [0, 0.05) is 41.7 Å². The van der Waals surface area contributed by atoms with E-state index in [-0.39, 0.29) is 0 Å². The maximum absolute atomic E-state index is 12.2. The Balaban J connectivity index is 2.02. The molecule has 2 aromatic heterocycles. The fourth-order valence-corrected chi connectivity index (χ4v) is 4.55. The molecule has 0 aromatic carbocycles. The van der Waals surface area contributed by atoms with Crippen molar-refractivity contribution in [3.63, 3.8) is 0 Å². The van der Waals surface area contributed by atoms with Gasteiger partial charge in [-0.15, -0.1) is 11.3 Å². The summed E-state index contributed by atoms with van der Waals surface area (Å²) in [5, 5.41) is 3.02. The van der Waals surface area contributed by atoms with Crippen LogP contribution in [0.4, 0.5) is 0 Å². The molecule has 110 valence electrons. The van der Waals surface area contributed by atoms with Gasteiger partial charge in [0.25, 0.3) is 0 Å². The van der Waals surface area contributed by atoms with Crippen LogP contribution in [0.15, 0.2) is 23.4 Å². The SMILES string of the molecule is CNCc1cc(S(=O)(=O)NCCc2ncc[nH]2)c(C)s1. The van der Waals surface area contributed by atoms with Gasteiger partial charge in [0.05, 0.1) is 4.90 Å². The van der Waals surface area contributed by atoms with Crippen molar-refractivity contribution >= 4 is 21.4 Å². The first kappa shape index (κ1) is 15.2. The fourth-order valence-electron chi connectivity index (χ4n) is 1.87. The first-order chi connectivity index (χ1) is 9.53. The number of H-pyrrole nitrogens is 1. The normalized spacial score (nSPS) is 11.9. The molecule has 0 aliphatic carbocycles. The van der Waals surface area contributed by atoms with E-state index in [1.54, 1.807) is 18.5 Å². The number of nitrogens with one attached hydrogen (secondary N) is 3. The lowest BCUT2D eigenvalue weighted by Crippen LogP contribution is -2.26. The van der Waals surface area contributed by atoms with Gasteiger partial charge in [-0.25, -0.2) is 18.1 Å². The van der Waals surface area contributed by atoms with Gasteiger partial charge in [-0.1, -0.05) is 0 Å². The predicted molar refractivity (Wildman–Crippen MR) is 79.3 cm³/mol. The molecule has 3 N–H and O–H groups in total. The van der Waals surface area contributed by atoms with Gasteiger partial charge in [-0.05, 0) is 20.0 Å². The Hall–Kier alpha value is -1.22. The Kier molecular flexibility index (Phi) is 4.92. The molecule has 0 aliphatic rings. The standard InChI is InChI=1S/C12H18N4O2S2/c1-9-11(7-10(19-9)8-13-2)20(17,18)16-4-3-12-14-5-6-15-12/h5-7,13,16H,3-4,8H2,1-2H3,(H,14,15). The van der Waals surface area contributed by atoms with Crippen molar-refractivity contribution in [3.05, 3.63) is 34.0 Å². The second kappa shape index (κ2) is 6.49. The highest BCUT2D eigenvalue weighted by molar-refractivity contribution is 7.89. The lowest BCUT2D eigenvalue weighted by atomic mass is 10.4. The van der Waals surface area contributed by atoms with Crippen molar-refractivity contribution in [1.82, 2.24) is 20.0 Å². The van der Waals surface area contributed by atoms with Crippen molar-refractivity contribution in [3.8, 4) is 0 Å². The molecule has 0 fully saturated rings. The van der Waals surface area contributed by atoms with Gasteiger partial charge < -0.3 is 10.3 Å². The number of rotatable bonds is 7. The maximum atomic E-state index is 12.2. The smallest absolute Gasteiger partial charge is 0.241 e. The molecule has 2 aromatic rings. The van der Waals surface area contributed by atoms with E-state index in [0.29, 0.717) is 24.4 Å². The van der Waals surface area contributed by atoms with E-state index < -0.39 is 10.0 Å². The molecule has 0 radical (unpaired) electrons. The zero-order valence-corrected chi connectivity index (χ0v) is 13.1. The van der Waals surface area contributed by atoms with E-state index in [4.69, 9.17) is 0 Å². The molecule has 0 unspecified atom stereocenters. The van der Waals surface area contributed by atoms with E-state index in [2.05, 4.69) is 20.0 Å². The highest BCUT2D eigenvalue weighted by Gasteiger charge is 2.19. The van der Waals surface area contributed by atoms with Crippen molar-refractivity contribution in [2.75, 3.05) is 13.6 Å². The number of thiophene rings is 1. The number of aryl methyl sites for hydroxylation is 1. The third-order valence-corrected chi connectivity index (χ3v) is 5.54. The minimum absolute atomic E-state index is 0.326. The summed E-state index contributed by atoms with van der Waals surface area (Å²) in [6.45, 7) is 2.82. The summed E-state index contributed by atoms with van der Waals surface area (Å²) in [7, 11) is -1.61. The first-order valence-electron chi connectivity index (χ1n) is 6.25. The Morgan fingerprint density at radius 1 is 1.45 bits per heavy atom. The van der Waals surface area contributed by atoms with Crippen LogP contribution in [-0.2, 0) is 23.0 Å². The van der Waals surface area contributed by atoms with Crippen molar-refractivity contribution in [1.29, 1.82) is 0 Å². The molecule has 0 spiro atoms. The van der Waals surface area contributed by atoms with Gasteiger partial charge in [-0.3, -0.25) is 0 Å². The molecular weight excluding hydrogens is 296 g/mol. The Morgan fingerprint density at radius 2 is 2.25 bits per heavy atom. The van der Waals surface area contributed by atoms with Gasteiger partial charge >= 0.3 is 0 Å². The molecule has 0 amide bonds. The molecule has 6 nitrogen and oxygen atoms in total. The number of nitrogens with zero attached hydrogens (tertiary/aromatic N) is 1. The van der Waals surface area contributed by atoms with E-state index in [1.807, 2.05) is 14.0 Å². The number of aromatic amines is 1. The summed E-state index contributed by atoms with van der Waals surface area (Å²) in [5.74, 6) is 0.769. The fraction of sp³-hybridized carbons (Fsp3) is 0.417. The summed E-state index contributed by atoms with van der Waals surface area (Å²) in [6.07, 6.45) is 3.91. The maximum Gasteiger partial charge on any atom is 0.241 e. The van der Waals surface area contributed by atoms with E-state index in [1.165, 1.54) is 11.3 Å². The number of aromatic nitrogens is 2. The molecule has 0 atom stereocenters. The molecule has 20 heavy (non-hydrogen) atoms. The summed E-state index contributed by atoms with van der Waals surface area (Å²) in [4.78, 5) is 9.19. The van der Waals surface area contributed by atoms with Crippen molar-refractivity contribution in [2.24, 2.45) is 0 Å².